The number of nitrogens with one attached hydrogen (secondary N) is 1. The maximum atomic E-state index is 9.62. The second-order valence-corrected chi connectivity index (χ2v) is 5.74. The molecule has 2 fully saturated rings. The standard InChI is InChI=1S/C14H27NO2/c1-2-14(11-16,15-12-7-8-12)9-4-10-17-13-5-3-6-13/h12-13,15-16H,2-11H2,1H3. The molecule has 0 aromatic carbocycles. The van der Waals surface area contributed by atoms with Crippen LogP contribution in [-0.4, -0.2) is 36.0 Å². The van der Waals surface area contributed by atoms with Crippen molar-refractivity contribution in [3.63, 3.8) is 0 Å². The number of hydrogen-bond acceptors (Lipinski definition) is 3. The van der Waals surface area contributed by atoms with Crippen molar-refractivity contribution in [1.29, 1.82) is 0 Å². The molecular weight excluding hydrogens is 214 g/mol. The molecule has 0 aliphatic heterocycles. The Balaban J connectivity index is 1.64. The van der Waals surface area contributed by atoms with Crippen molar-refractivity contribution in [2.24, 2.45) is 0 Å². The van der Waals surface area contributed by atoms with Gasteiger partial charge in [0, 0.05) is 18.2 Å². The van der Waals surface area contributed by atoms with E-state index >= 15 is 0 Å². The third kappa shape index (κ3) is 3.94. The topological polar surface area (TPSA) is 41.5 Å². The van der Waals surface area contributed by atoms with Crippen LogP contribution in [0.15, 0.2) is 0 Å². The quantitative estimate of drug-likeness (QED) is 0.608. The van der Waals surface area contributed by atoms with Crippen LogP contribution in [0.25, 0.3) is 0 Å². The summed E-state index contributed by atoms with van der Waals surface area (Å²) in [6.45, 7) is 3.28. The second kappa shape index (κ2) is 6.17. The third-order valence-electron chi connectivity index (χ3n) is 4.27. The predicted molar refractivity (Wildman–Crippen MR) is 69.1 cm³/mol. The third-order valence-corrected chi connectivity index (χ3v) is 4.27. The average molecular weight is 241 g/mol. The average Bonchev–Trinajstić information content (AvgIpc) is 3.08. The van der Waals surface area contributed by atoms with E-state index in [2.05, 4.69) is 12.2 Å². The Hall–Kier alpha value is -0.120. The molecule has 2 saturated carbocycles. The molecule has 2 aliphatic carbocycles. The molecule has 0 spiro atoms. The van der Waals surface area contributed by atoms with Crippen LogP contribution in [0.1, 0.15) is 58.3 Å². The molecule has 0 aromatic heterocycles. The molecule has 100 valence electrons. The maximum absolute atomic E-state index is 9.62. The van der Waals surface area contributed by atoms with Crippen molar-refractivity contribution in [3.8, 4) is 0 Å². The normalized spacial score (nSPS) is 24.4. The first-order valence-electron chi connectivity index (χ1n) is 7.28. The van der Waals surface area contributed by atoms with Gasteiger partial charge in [-0.25, -0.2) is 0 Å². The lowest BCUT2D eigenvalue weighted by Gasteiger charge is -2.33. The summed E-state index contributed by atoms with van der Waals surface area (Å²) in [7, 11) is 0. The Morgan fingerprint density at radius 2 is 2.06 bits per heavy atom. The molecule has 0 radical (unpaired) electrons. The number of aliphatic hydroxyl groups is 1. The number of hydrogen-bond donors (Lipinski definition) is 2. The van der Waals surface area contributed by atoms with Crippen LogP contribution >= 0.6 is 0 Å². The van der Waals surface area contributed by atoms with Gasteiger partial charge in [-0.2, -0.15) is 0 Å². The number of aliphatic hydroxyl groups excluding tert-OH is 1. The van der Waals surface area contributed by atoms with Crippen molar-refractivity contribution in [1.82, 2.24) is 5.32 Å². The lowest BCUT2D eigenvalue weighted by molar-refractivity contribution is -0.00335. The number of ether oxygens (including phenoxy) is 1. The second-order valence-electron chi connectivity index (χ2n) is 5.74. The monoisotopic (exact) mass is 241 g/mol. The molecule has 2 N–H and O–H groups in total. The minimum absolute atomic E-state index is 0.0514. The van der Waals surface area contributed by atoms with E-state index in [4.69, 9.17) is 4.74 Å². The molecule has 0 aromatic rings. The Morgan fingerprint density at radius 1 is 1.29 bits per heavy atom. The predicted octanol–water partition coefficient (Wildman–Crippen LogP) is 2.23. The minimum atomic E-state index is -0.0514. The van der Waals surface area contributed by atoms with Crippen LogP contribution in [0.4, 0.5) is 0 Å². The van der Waals surface area contributed by atoms with Gasteiger partial charge in [0.05, 0.1) is 12.7 Å². The van der Waals surface area contributed by atoms with Gasteiger partial charge in [0.1, 0.15) is 0 Å². The first kappa shape index (κ1) is 13.3. The zero-order valence-electron chi connectivity index (χ0n) is 11.1. The highest BCUT2D eigenvalue weighted by atomic mass is 16.5. The highest BCUT2D eigenvalue weighted by Crippen LogP contribution is 2.27. The Kier molecular flexibility index (Phi) is 4.83. The van der Waals surface area contributed by atoms with Gasteiger partial charge in [-0.15, -0.1) is 0 Å². The summed E-state index contributed by atoms with van der Waals surface area (Å²) in [5.74, 6) is 0. The van der Waals surface area contributed by atoms with E-state index in [1.807, 2.05) is 0 Å². The molecule has 3 nitrogen and oxygen atoms in total. The van der Waals surface area contributed by atoms with E-state index in [-0.39, 0.29) is 12.1 Å². The first-order valence-corrected chi connectivity index (χ1v) is 7.28. The van der Waals surface area contributed by atoms with E-state index in [0.717, 1.165) is 25.9 Å². The van der Waals surface area contributed by atoms with Gasteiger partial charge >= 0.3 is 0 Å². The fourth-order valence-corrected chi connectivity index (χ4v) is 2.45. The van der Waals surface area contributed by atoms with Crippen LogP contribution in [0, 0.1) is 0 Å². The molecule has 2 rings (SSSR count). The van der Waals surface area contributed by atoms with E-state index in [9.17, 15) is 5.11 Å². The van der Waals surface area contributed by atoms with Crippen LogP contribution in [0.3, 0.4) is 0 Å². The molecule has 0 heterocycles. The van der Waals surface area contributed by atoms with Crippen molar-refractivity contribution in [3.05, 3.63) is 0 Å². The summed E-state index contributed by atoms with van der Waals surface area (Å²) in [6, 6.07) is 0.662. The first-order chi connectivity index (χ1) is 8.28. The Morgan fingerprint density at radius 3 is 2.53 bits per heavy atom. The van der Waals surface area contributed by atoms with Gasteiger partial charge < -0.3 is 15.2 Å². The molecule has 2 aliphatic rings. The SMILES string of the molecule is CCC(CO)(CCCOC1CCC1)NC1CC1. The lowest BCUT2D eigenvalue weighted by atomic mass is 9.91. The molecule has 0 bridgehead atoms. The fourth-order valence-electron chi connectivity index (χ4n) is 2.45. The molecule has 17 heavy (non-hydrogen) atoms. The molecule has 1 unspecified atom stereocenters. The highest BCUT2D eigenvalue weighted by Gasteiger charge is 2.34. The van der Waals surface area contributed by atoms with E-state index in [0.29, 0.717) is 12.1 Å². The summed E-state index contributed by atoms with van der Waals surface area (Å²) in [4.78, 5) is 0. The van der Waals surface area contributed by atoms with Crippen molar-refractivity contribution < 1.29 is 9.84 Å². The van der Waals surface area contributed by atoms with Crippen LogP contribution in [-0.2, 0) is 4.74 Å². The zero-order valence-corrected chi connectivity index (χ0v) is 11.1. The van der Waals surface area contributed by atoms with E-state index in [1.54, 1.807) is 0 Å². The van der Waals surface area contributed by atoms with Crippen LogP contribution in [0.2, 0.25) is 0 Å². The molecular formula is C14H27NO2. The fraction of sp³-hybridized carbons (Fsp3) is 1.00. The molecule has 0 saturated heterocycles. The van der Waals surface area contributed by atoms with Crippen molar-refractivity contribution >= 4 is 0 Å². The van der Waals surface area contributed by atoms with E-state index in [1.165, 1.54) is 32.1 Å². The summed E-state index contributed by atoms with van der Waals surface area (Å²) < 4.78 is 5.77. The van der Waals surface area contributed by atoms with Crippen molar-refractivity contribution in [2.75, 3.05) is 13.2 Å². The summed E-state index contributed by atoms with van der Waals surface area (Å²) in [5.41, 5.74) is -0.0514. The van der Waals surface area contributed by atoms with Crippen LogP contribution < -0.4 is 5.32 Å². The van der Waals surface area contributed by atoms with E-state index < -0.39 is 0 Å². The van der Waals surface area contributed by atoms with Crippen molar-refractivity contribution in [2.45, 2.75) is 76.0 Å². The van der Waals surface area contributed by atoms with Crippen LogP contribution in [0.5, 0.6) is 0 Å². The zero-order chi connectivity index (χ0) is 12.1. The summed E-state index contributed by atoms with van der Waals surface area (Å²) >= 11 is 0. The smallest absolute Gasteiger partial charge is 0.0613 e. The highest BCUT2D eigenvalue weighted by molar-refractivity contribution is 4.94. The minimum Gasteiger partial charge on any atom is -0.394 e. The van der Waals surface area contributed by atoms with Gasteiger partial charge in [-0.1, -0.05) is 6.92 Å². The van der Waals surface area contributed by atoms with Gasteiger partial charge in [-0.3, -0.25) is 0 Å². The summed E-state index contributed by atoms with van der Waals surface area (Å²) in [5, 5.41) is 13.2. The Bertz CT molecular complexity index is 220. The number of rotatable bonds is 9. The summed E-state index contributed by atoms with van der Waals surface area (Å²) in [6.07, 6.45) is 10.0. The maximum Gasteiger partial charge on any atom is 0.0613 e. The lowest BCUT2D eigenvalue weighted by Crippen LogP contribution is -2.49. The van der Waals surface area contributed by atoms with Gasteiger partial charge in [-0.05, 0) is 51.4 Å². The molecule has 1 atom stereocenters. The van der Waals surface area contributed by atoms with Gasteiger partial charge in [0.25, 0.3) is 0 Å². The Labute approximate surface area is 105 Å². The largest absolute Gasteiger partial charge is 0.394 e. The van der Waals surface area contributed by atoms with Gasteiger partial charge in [0.2, 0.25) is 0 Å². The molecule has 3 heteroatoms. The van der Waals surface area contributed by atoms with Gasteiger partial charge in [0.15, 0.2) is 0 Å². The molecule has 0 amide bonds.